The summed E-state index contributed by atoms with van der Waals surface area (Å²) in [6.07, 6.45) is 3.24. The minimum atomic E-state index is -0.0821. The minimum absolute atomic E-state index is 0.0376. The van der Waals surface area contributed by atoms with Gasteiger partial charge in [-0.1, -0.05) is 13.3 Å². The van der Waals surface area contributed by atoms with Crippen molar-refractivity contribution < 1.29 is 4.79 Å². The van der Waals surface area contributed by atoms with E-state index in [-0.39, 0.29) is 11.9 Å². The summed E-state index contributed by atoms with van der Waals surface area (Å²) < 4.78 is 0. The maximum atomic E-state index is 12.2. The third-order valence-corrected chi connectivity index (χ3v) is 3.76. The van der Waals surface area contributed by atoms with Gasteiger partial charge in [-0.25, -0.2) is 4.98 Å². The SMILES string of the molecule is CCC1CCNC(C(=O)Nc2cc(C)cc(C)n2)C1. The van der Waals surface area contributed by atoms with Crippen molar-refractivity contribution in [3.8, 4) is 0 Å². The summed E-state index contributed by atoms with van der Waals surface area (Å²) in [7, 11) is 0. The molecular formula is C15H23N3O. The Morgan fingerprint density at radius 2 is 2.26 bits per heavy atom. The first-order valence-electron chi connectivity index (χ1n) is 7.08. The summed E-state index contributed by atoms with van der Waals surface area (Å²) in [5.41, 5.74) is 2.05. The number of nitrogens with one attached hydrogen (secondary N) is 2. The van der Waals surface area contributed by atoms with E-state index < -0.39 is 0 Å². The fourth-order valence-electron chi connectivity index (χ4n) is 2.69. The number of nitrogens with zero attached hydrogens (tertiary/aromatic N) is 1. The molecule has 2 heterocycles. The van der Waals surface area contributed by atoms with E-state index in [2.05, 4.69) is 22.5 Å². The standard InChI is InChI=1S/C15H23N3O/c1-4-12-5-6-16-13(9-12)15(19)18-14-8-10(2)7-11(3)17-14/h7-8,12-13,16H,4-6,9H2,1-3H3,(H,17,18,19). The first-order chi connectivity index (χ1) is 9.08. The second kappa shape index (κ2) is 6.15. The second-order valence-electron chi connectivity index (χ2n) is 5.47. The fourth-order valence-corrected chi connectivity index (χ4v) is 2.69. The van der Waals surface area contributed by atoms with E-state index in [1.54, 1.807) is 0 Å². The highest BCUT2D eigenvalue weighted by Crippen LogP contribution is 2.20. The number of carbonyl (C=O) groups is 1. The fraction of sp³-hybridized carbons (Fsp3) is 0.600. The molecule has 1 aromatic heterocycles. The van der Waals surface area contributed by atoms with Crippen molar-refractivity contribution in [3.05, 3.63) is 23.4 Å². The van der Waals surface area contributed by atoms with E-state index in [0.29, 0.717) is 11.7 Å². The van der Waals surface area contributed by atoms with Crippen LogP contribution in [0.1, 0.15) is 37.4 Å². The van der Waals surface area contributed by atoms with Crippen LogP contribution in [0, 0.1) is 19.8 Å². The molecule has 0 saturated carbocycles. The van der Waals surface area contributed by atoms with Crippen LogP contribution in [0.4, 0.5) is 5.82 Å². The molecular weight excluding hydrogens is 238 g/mol. The van der Waals surface area contributed by atoms with Crippen LogP contribution in [0.15, 0.2) is 12.1 Å². The summed E-state index contributed by atoms with van der Waals surface area (Å²) in [5.74, 6) is 1.35. The molecule has 2 N–H and O–H groups in total. The Hall–Kier alpha value is -1.42. The number of rotatable bonds is 3. The minimum Gasteiger partial charge on any atom is -0.309 e. The van der Waals surface area contributed by atoms with E-state index in [1.165, 1.54) is 6.42 Å². The zero-order valence-electron chi connectivity index (χ0n) is 12.0. The number of pyridine rings is 1. The smallest absolute Gasteiger partial charge is 0.242 e. The molecule has 0 radical (unpaired) electrons. The van der Waals surface area contributed by atoms with E-state index in [9.17, 15) is 4.79 Å². The van der Waals surface area contributed by atoms with Gasteiger partial charge in [0.05, 0.1) is 6.04 Å². The van der Waals surface area contributed by atoms with Gasteiger partial charge in [0, 0.05) is 5.69 Å². The summed E-state index contributed by atoms with van der Waals surface area (Å²) in [5, 5.41) is 6.22. The number of anilines is 1. The maximum Gasteiger partial charge on any atom is 0.242 e. The van der Waals surface area contributed by atoms with Gasteiger partial charge in [-0.3, -0.25) is 4.79 Å². The molecule has 1 fully saturated rings. The van der Waals surface area contributed by atoms with Crippen LogP contribution in [0.25, 0.3) is 0 Å². The topological polar surface area (TPSA) is 54.0 Å². The summed E-state index contributed by atoms with van der Waals surface area (Å²) >= 11 is 0. The molecule has 1 aromatic rings. The third kappa shape index (κ3) is 3.77. The van der Waals surface area contributed by atoms with Crippen LogP contribution in [-0.4, -0.2) is 23.5 Å². The Kier molecular flexibility index (Phi) is 4.53. The summed E-state index contributed by atoms with van der Waals surface area (Å²) in [4.78, 5) is 16.6. The largest absolute Gasteiger partial charge is 0.309 e. The van der Waals surface area contributed by atoms with Crippen molar-refractivity contribution in [1.82, 2.24) is 10.3 Å². The molecule has 0 aromatic carbocycles. The molecule has 1 saturated heterocycles. The Balaban J connectivity index is 2.00. The molecule has 0 aliphatic carbocycles. The lowest BCUT2D eigenvalue weighted by atomic mass is 9.90. The average molecular weight is 261 g/mol. The van der Waals surface area contributed by atoms with Crippen LogP contribution >= 0.6 is 0 Å². The average Bonchev–Trinajstić information content (AvgIpc) is 2.37. The normalized spacial score (nSPS) is 23.1. The lowest BCUT2D eigenvalue weighted by Crippen LogP contribution is -2.46. The van der Waals surface area contributed by atoms with Crippen molar-refractivity contribution in [2.24, 2.45) is 5.92 Å². The zero-order chi connectivity index (χ0) is 13.8. The molecule has 1 amide bonds. The number of hydrogen-bond acceptors (Lipinski definition) is 3. The highest BCUT2D eigenvalue weighted by molar-refractivity contribution is 5.94. The Morgan fingerprint density at radius 1 is 1.47 bits per heavy atom. The molecule has 104 valence electrons. The highest BCUT2D eigenvalue weighted by Gasteiger charge is 2.26. The molecule has 4 heteroatoms. The molecule has 2 unspecified atom stereocenters. The van der Waals surface area contributed by atoms with Gasteiger partial charge in [0.2, 0.25) is 5.91 Å². The summed E-state index contributed by atoms with van der Waals surface area (Å²) in [6, 6.07) is 3.83. The molecule has 1 aliphatic rings. The van der Waals surface area contributed by atoms with Crippen molar-refractivity contribution in [3.63, 3.8) is 0 Å². The van der Waals surface area contributed by atoms with Crippen LogP contribution in [-0.2, 0) is 4.79 Å². The monoisotopic (exact) mass is 261 g/mol. The molecule has 1 aliphatic heterocycles. The predicted molar refractivity (Wildman–Crippen MR) is 77.1 cm³/mol. The van der Waals surface area contributed by atoms with Gasteiger partial charge < -0.3 is 10.6 Å². The van der Waals surface area contributed by atoms with E-state index in [4.69, 9.17) is 0 Å². The number of aromatic nitrogens is 1. The van der Waals surface area contributed by atoms with Crippen molar-refractivity contribution in [2.75, 3.05) is 11.9 Å². The van der Waals surface area contributed by atoms with E-state index >= 15 is 0 Å². The zero-order valence-corrected chi connectivity index (χ0v) is 12.0. The van der Waals surface area contributed by atoms with Gasteiger partial charge in [0.25, 0.3) is 0 Å². The third-order valence-electron chi connectivity index (χ3n) is 3.76. The van der Waals surface area contributed by atoms with Crippen molar-refractivity contribution in [1.29, 1.82) is 0 Å². The molecule has 0 bridgehead atoms. The van der Waals surface area contributed by atoms with Crippen LogP contribution < -0.4 is 10.6 Å². The van der Waals surface area contributed by atoms with E-state index in [1.807, 2.05) is 26.0 Å². The lowest BCUT2D eigenvalue weighted by Gasteiger charge is -2.28. The molecule has 0 spiro atoms. The number of hydrogen-bond donors (Lipinski definition) is 2. The van der Waals surface area contributed by atoms with Gasteiger partial charge >= 0.3 is 0 Å². The van der Waals surface area contributed by atoms with Gasteiger partial charge in [0.15, 0.2) is 0 Å². The number of aryl methyl sites for hydroxylation is 2. The van der Waals surface area contributed by atoms with Crippen LogP contribution in [0.5, 0.6) is 0 Å². The van der Waals surface area contributed by atoms with Gasteiger partial charge in [0.1, 0.15) is 5.82 Å². The molecule has 2 rings (SSSR count). The second-order valence-corrected chi connectivity index (χ2v) is 5.47. The van der Waals surface area contributed by atoms with Crippen LogP contribution in [0.2, 0.25) is 0 Å². The number of piperidine rings is 1. The summed E-state index contributed by atoms with van der Waals surface area (Å²) in [6.45, 7) is 7.07. The first-order valence-corrected chi connectivity index (χ1v) is 7.08. The Bertz CT molecular complexity index is 438. The number of carbonyl (C=O) groups excluding carboxylic acids is 1. The van der Waals surface area contributed by atoms with Gasteiger partial charge in [-0.05, 0) is 56.8 Å². The number of amides is 1. The van der Waals surface area contributed by atoms with Crippen molar-refractivity contribution in [2.45, 2.75) is 46.1 Å². The Morgan fingerprint density at radius 3 is 2.95 bits per heavy atom. The first kappa shape index (κ1) is 14.0. The van der Waals surface area contributed by atoms with Gasteiger partial charge in [-0.15, -0.1) is 0 Å². The molecule has 19 heavy (non-hydrogen) atoms. The van der Waals surface area contributed by atoms with Gasteiger partial charge in [-0.2, -0.15) is 0 Å². The highest BCUT2D eigenvalue weighted by atomic mass is 16.2. The van der Waals surface area contributed by atoms with Crippen LogP contribution in [0.3, 0.4) is 0 Å². The van der Waals surface area contributed by atoms with E-state index in [0.717, 1.165) is 30.6 Å². The Labute approximate surface area is 115 Å². The maximum absolute atomic E-state index is 12.2. The quantitative estimate of drug-likeness (QED) is 0.878. The lowest BCUT2D eigenvalue weighted by molar-refractivity contribution is -0.119. The molecule has 4 nitrogen and oxygen atoms in total. The predicted octanol–water partition coefficient (Wildman–Crippen LogP) is 2.42. The molecule has 2 atom stereocenters. The van der Waals surface area contributed by atoms with Crippen molar-refractivity contribution >= 4 is 11.7 Å².